The minimum absolute atomic E-state index is 0.00255. The van der Waals surface area contributed by atoms with Gasteiger partial charge in [0.15, 0.2) is 5.78 Å². The number of ether oxygens (including phenoxy) is 1. The Hall–Kier alpha value is -1.38. The van der Waals surface area contributed by atoms with Gasteiger partial charge in [0.1, 0.15) is 0 Å². The molecule has 0 spiro atoms. The summed E-state index contributed by atoms with van der Waals surface area (Å²) in [5, 5.41) is 0. The fourth-order valence-electron chi connectivity index (χ4n) is 9.85. The van der Waals surface area contributed by atoms with Gasteiger partial charge in [-0.2, -0.15) is 0 Å². The zero-order valence-electron chi connectivity index (χ0n) is 22.9. The highest BCUT2D eigenvalue weighted by atomic mass is 16.5. The maximum absolute atomic E-state index is 14.2. The van der Waals surface area contributed by atoms with Crippen molar-refractivity contribution in [3.8, 4) is 0 Å². The highest BCUT2D eigenvalue weighted by molar-refractivity contribution is 5.96. The van der Waals surface area contributed by atoms with Gasteiger partial charge < -0.3 is 4.74 Å². The second-order valence-electron chi connectivity index (χ2n) is 14.2. The molecule has 0 bridgehead atoms. The molecule has 188 valence electrons. The molecular weight excluding hydrogens is 420 g/mol. The SMILES string of the molecule is COC(=O)[C@@]1(C)CC[C@]2(C)CC[C@]3(C)C(=CC(=O)[C@@H]4[C@@]5(C)CCC(C(C)C)=C5CC[C@]43C)[C@@H]2C1. The maximum Gasteiger partial charge on any atom is 0.311 e. The van der Waals surface area contributed by atoms with Crippen molar-refractivity contribution in [2.24, 2.45) is 44.8 Å². The summed E-state index contributed by atoms with van der Waals surface area (Å²) < 4.78 is 5.25. The second kappa shape index (κ2) is 7.32. The van der Waals surface area contributed by atoms with E-state index in [0.717, 1.165) is 51.4 Å². The lowest BCUT2D eigenvalue weighted by Gasteiger charge is -2.67. The molecule has 3 nitrogen and oxygen atoms in total. The molecule has 0 unspecified atom stereocenters. The van der Waals surface area contributed by atoms with E-state index in [2.05, 4.69) is 54.5 Å². The zero-order valence-corrected chi connectivity index (χ0v) is 22.9. The van der Waals surface area contributed by atoms with Gasteiger partial charge >= 0.3 is 5.97 Å². The van der Waals surface area contributed by atoms with Crippen molar-refractivity contribution in [3.63, 3.8) is 0 Å². The first-order valence-corrected chi connectivity index (χ1v) is 13.8. The van der Waals surface area contributed by atoms with Crippen molar-refractivity contribution in [3.05, 3.63) is 22.8 Å². The summed E-state index contributed by atoms with van der Waals surface area (Å²) in [5.41, 5.74) is 4.33. The van der Waals surface area contributed by atoms with Crippen LogP contribution >= 0.6 is 0 Å². The number of ketones is 1. The van der Waals surface area contributed by atoms with Crippen LogP contribution in [0.1, 0.15) is 106 Å². The van der Waals surface area contributed by atoms with E-state index in [1.165, 1.54) is 19.1 Å². The molecule has 3 saturated carbocycles. The third kappa shape index (κ3) is 2.88. The molecule has 5 aliphatic rings. The third-order valence-corrected chi connectivity index (χ3v) is 12.3. The fourth-order valence-corrected chi connectivity index (χ4v) is 9.85. The first-order chi connectivity index (χ1) is 15.8. The molecule has 3 fully saturated rings. The molecule has 0 radical (unpaired) electrons. The van der Waals surface area contributed by atoms with Crippen molar-refractivity contribution < 1.29 is 14.3 Å². The molecule has 7 atom stereocenters. The Balaban J connectivity index is 1.62. The number of fused-ring (bicyclic) bond motifs is 7. The number of allylic oxidation sites excluding steroid dienone is 4. The smallest absolute Gasteiger partial charge is 0.311 e. The van der Waals surface area contributed by atoms with Crippen LogP contribution in [0.25, 0.3) is 0 Å². The number of hydrogen-bond acceptors (Lipinski definition) is 3. The monoisotopic (exact) mass is 466 g/mol. The number of carbonyl (C=O) groups excluding carboxylic acids is 2. The van der Waals surface area contributed by atoms with Crippen LogP contribution in [-0.4, -0.2) is 18.9 Å². The van der Waals surface area contributed by atoms with Crippen LogP contribution in [-0.2, 0) is 14.3 Å². The average molecular weight is 467 g/mol. The Labute approximate surface area is 207 Å². The van der Waals surface area contributed by atoms with E-state index in [0.29, 0.717) is 11.7 Å². The molecular formula is C31H46O3. The number of methoxy groups -OCH3 is 1. The highest BCUT2D eigenvalue weighted by Gasteiger charge is 2.68. The van der Waals surface area contributed by atoms with E-state index in [9.17, 15) is 9.59 Å². The maximum atomic E-state index is 14.2. The Morgan fingerprint density at radius 1 is 0.971 bits per heavy atom. The predicted molar refractivity (Wildman–Crippen MR) is 136 cm³/mol. The van der Waals surface area contributed by atoms with E-state index in [1.807, 2.05) is 0 Å². The zero-order chi connectivity index (χ0) is 24.9. The minimum atomic E-state index is -0.453. The molecule has 0 heterocycles. The Kier molecular flexibility index (Phi) is 5.24. The lowest BCUT2D eigenvalue weighted by molar-refractivity contribution is -0.161. The molecule has 0 aliphatic heterocycles. The van der Waals surface area contributed by atoms with Gasteiger partial charge in [0.05, 0.1) is 12.5 Å². The van der Waals surface area contributed by atoms with Crippen LogP contribution < -0.4 is 0 Å². The van der Waals surface area contributed by atoms with Crippen molar-refractivity contribution in [1.82, 2.24) is 0 Å². The standard InChI is InChI=1S/C31H46O3/c1-19(2)20-9-11-29(5)21(20)10-12-31(7)25(29)24(32)17-22-23-18-28(4,26(33)34-8)14-13-27(23,3)15-16-30(22,31)6/h17,19,23,25H,9-16,18H2,1-8H3/t23-,25+,27+,28-,29-,30+,31+/m0/s1. The Bertz CT molecular complexity index is 1000. The van der Waals surface area contributed by atoms with Crippen LogP contribution in [0.2, 0.25) is 0 Å². The van der Waals surface area contributed by atoms with Gasteiger partial charge in [-0.05, 0) is 104 Å². The lowest BCUT2D eigenvalue weighted by atomic mass is 9.36. The fraction of sp³-hybridized carbons (Fsp3) is 0.806. The summed E-state index contributed by atoms with van der Waals surface area (Å²) in [4.78, 5) is 27.0. The van der Waals surface area contributed by atoms with Crippen LogP contribution in [0, 0.1) is 44.8 Å². The summed E-state index contributed by atoms with van der Waals surface area (Å²) in [6.07, 6.45) is 11.7. The van der Waals surface area contributed by atoms with Crippen LogP contribution in [0.15, 0.2) is 22.8 Å². The second-order valence-corrected chi connectivity index (χ2v) is 14.2. The molecule has 5 aliphatic carbocycles. The molecule has 0 aromatic carbocycles. The van der Waals surface area contributed by atoms with Gasteiger partial charge in [-0.15, -0.1) is 0 Å². The van der Waals surface area contributed by atoms with E-state index in [1.54, 1.807) is 11.1 Å². The molecule has 0 saturated heterocycles. The first-order valence-electron chi connectivity index (χ1n) is 13.8. The summed E-state index contributed by atoms with van der Waals surface area (Å²) in [7, 11) is 1.52. The summed E-state index contributed by atoms with van der Waals surface area (Å²) in [5.74, 6) is 1.23. The first kappa shape index (κ1) is 24.3. The Morgan fingerprint density at radius 2 is 1.65 bits per heavy atom. The van der Waals surface area contributed by atoms with Crippen LogP contribution in [0.4, 0.5) is 0 Å². The van der Waals surface area contributed by atoms with E-state index >= 15 is 0 Å². The van der Waals surface area contributed by atoms with E-state index in [4.69, 9.17) is 4.74 Å². The van der Waals surface area contributed by atoms with Gasteiger partial charge in [-0.1, -0.05) is 58.3 Å². The highest BCUT2D eigenvalue weighted by Crippen LogP contribution is 2.74. The molecule has 0 amide bonds. The number of hydrogen-bond donors (Lipinski definition) is 0. The molecule has 34 heavy (non-hydrogen) atoms. The van der Waals surface area contributed by atoms with Crippen molar-refractivity contribution in [2.45, 2.75) is 106 Å². The summed E-state index contributed by atoms with van der Waals surface area (Å²) in [6, 6.07) is 0. The van der Waals surface area contributed by atoms with Crippen molar-refractivity contribution in [2.75, 3.05) is 7.11 Å². The topological polar surface area (TPSA) is 43.4 Å². The molecule has 3 heteroatoms. The molecule has 0 aromatic rings. The number of carbonyl (C=O) groups is 2. The lowest BCUT2D eigenvalue weighted by Crippen LogP contribution is -2.62. The van der Waals surface area contributed by atoms with Gasteiger partial charge in [0.25, 0.3) is 0 Å². The predicted octanol–water partition coefficient (Wildman–Crippen LogP) is 7.45. The largest absolute Gasteiger partial charge is 0.469 e. The summed E-state index contributed by atoms with van der Waals surface area (Å²) >= 11 is 0. The third-order valence-electron chi connectivity index (χ3n) is 12.3. The molecule has 0 N–H and O–H groups in total. The molecule has 0 aromatic heterocycles. The van der Waals surface area contributed by atoms with Crippen LogP contribution in [0.5, 0.6) is 0 Å². The van der Waals surface area contributed by atoms with Gasteiger partial charge in [0.2, 0.25) is 0 Å². The van der Waals surface area contributed by atoms with Gasteiger partial charge in [-0.25, -0.2) is 0 Å². The minimum Gasteiger partial charge on any atom is -0.469 e. The van der Waals surface area contributed by atoms with Crippen molar-refractivity contribution >= 4 is 11.8 Å². The van der Waals surface area contributed by atoms with Gasteiger partial charge in [0, 0.05) is 5.92 Å². The van der Waals surface area contributed by atoms with Gasteiger partial charge in [-0.3, -0.25) is 9.59 Å². The van der Waals surface area contributed by atoms with E-state index in [-0.39, 0.29) is 39.5 Å². The van der Waals surface area contributed by atoms with Crippen LogP contribution in [0.3, 0.4) is 0 Å². The molecule has 5 rings (SSSR count). The number of esters is 1. The Morgan fingerprint density at radius 3 is 2.29 bits per heavy atom. The van der Waals surface area contributed by atoms with E-state index < -0.39 is 5.41 Å². The average Bonchev–Trinajstić information content (AvgIpc) is 3.12. The quantitative estimate of drug-likeness (QED) is 0.313. The normalized spacial score (nSPS) is 48.0. The summed E-state index contributed by atoms with van der Waals surface area (Å²) in [6.45, 7) is 16.5. The van der Waals surface area contributed by atoms with Crippen molar-refractivity contribution in [1.29, 1.82) is 0 Å². The number of rotatable bonds is 2.